The maximum absolute atomic E-state index is 11.9. The van der Waals surface area contributed by atoms with Crippen molar-refractivity contribution in [2.45, 2.75) is 33.2 Å². The van der Waals surface area contributed by atoms with Crippen LogP contribution in [0, 0.1) is 12.8 Å². The van der Waals surface area contributed by atoms with E-state index in [1.54, 1.807) is 0 Å². The molecule has 1 rings (SSSR count). The van der Waals surface area contributed by atoms with E-state index in [0.29, 0.717) is 12.5 Å². The number of halogens is 1. The van der Waals surface area contributed by atoms with Crippen molar-refractivity contribution in [1.82, 2.24) is 5.32 Å². The summed E-state index contributed by atoms with van der Waals surface area (Å²) in [5, 5.41) is 2.97. The molecule has 1 aromatic heterocycles. The number of thiophene rings is 1. The number of rotatable bonds is 5. The minimum absolute atomic E-state index is 0. The minimum atomic E-state index is -0.00537. The zero-order chi connectivity index (χ0) is 12.1. The number of carbonyl (C=O) groups is 1. The van der Waals surface area contributed by atoms with Crippen molar-refractivity contribution in [2.24, 2.45) is 11.7 Å². The Morgan fingerprint density at radius 2 is 2.12 bits per heavy atom. The Balaban J connectivity index is 0.00000256. The summed E-state index contributed by atoms with van der Waals surface area (Å²) in [7, 11) is 0. The highest BCUT2D eigenvalue weighted by Gasteiger charge is 2.14. The molecule has 0 aliphatic carbocycles. The summed E-state index contributed by atoms with van der Waals surface area (Å²) in [6.45, 7) is 6.75. The van der Waals surface area contributed by atoms with Crippen LogP contribution < -0.4 is 11.1 Å². The molecule has 0 aromatic carbocycles. The van der Waals surface area contributed by atoms with Gasteiger partial charge in [0.05, 0.1) is 4.88 Å². The summed E-state index contributed by atoms with van der Waals surface area (Å²) in [6, 6.07) is 3.90. The second-order valence-corrected chi connectivity index (χ2v) is 5.73. The van der Waals surface area contributed by atoms with Crippen LogP contribution in [0.15, 0.2) is 12.1 Å². The third kappa shape index (κ3) is 5.52. The molecule has 1 atom stereocenters. The predicted octanol–water partition coefficient (Wildman–Crippen LogP) is 2.58. The van der Waals surface area contributed by atoms with Gasteiger partial charge in [-0.2, -0.15) is 0 Å². The van der Waals surface area contributed by atoms with Gasteiger partial charge < -0.3 is 11.1 Å². The van der Waals surface area contributed by atoms with Gasteiger partial charge in [-0.15, -0.1) is 23.7 Å². The predicted molar refractivity (Wildman–Crippen MR) is 76.1 cm³/mol. The second-order valence-electron chi connectivity index (χ2n) is 4.45. The lowest BCUT2D eigenvalue weighted by molar-refractivity contribution is 0.0938. The highest BCUT2D eigenvalue weighted by molar-refractivity contribution is 7.13. The summed E-state index contributed by atoms with van der Waals surface area (Å²) in [6.07, 6.45) is 0.923. The van der Waals surface area contributed by atoms with Crippen LogP contribution in [0.2, 0.25) is 0 Å². The lowest BCUT2D eigenvalue weighted by Gasteiger charge is -2.18. The number of nitrogens with two attached hydrogens (primary N) is 1. The summed E-state index contributed by atoms with van der Waals surface area (Å²) in [5.74, 6) is 0.535. The third-order valence-corrected chi connectivity index (χ3v) is 3.34. The molecular weight excluding hydrogens is 256 g/mol. The van der Waals surface area contributed by atoms with E-state index in [1.807, 2.05) is 19.1 Å². The Morgan fingerprint density at radius 3 is 2.53 bits per heavy atom. The molecule has 5 heteroatoms. The van der Waals surface area contributed by atoms with Crippen molar-refractivity contribution >= 4 is 29.7 Å². The average Bonchev–Trinajstić information content (AvgIpc) is 2.63. The van der Waals surface area contributed by atoms with E-state index in [4.69, 9.17) is 5.73 Å². The van der Waals surface area contributed by atoms with Gasteiger partial charge in [0.1, 0.15) is 0 Å². The normalized spacial score (nSPS) is 12.1. The van der Waals surface area contributed by atoms with Gasteiger partial charge in [0.25, 0.3) is 5.91 Å². The van der Waals surface area contributed by atoms with Crippen LogP contribution in [0.5, 0.6) is 0 Å². The summed E-state index contributed by atoms with van der Waals surface area (Å²) >= 11 is 1.51. The molecular formula is C12H21ClN2OS. The summed E-state index contributed by atoms with van der Waals surface area (Å²) in [5.41, 5.74) is 5.64. The van der Waals surface area contributed by atoms with Crippen molar-refractivity contribution in [3.05, 3.63) is 21.9 Å². The monoisotopic (exact) mass is 276 g/mol. The zero-order valence-electron chi connectivity index (χ0n) is 10.5. The molecule has 0 saturated carbocycles. The molecule has 1 aromatic rings. The van der Waals surface area contributed by atoms with Gasteiger partial charge in [-0.25, -0.2) is 0 Å². The van der Waals surface area contributed by atoms with Crippen molar-refractivity contribution in [1.29, 1.82) is 0 Å². The fourth-order valence-corrected chi connectivity index (χ4v) is 2.37. The smallest absolute Gasteiger partial charge is 0.261 e. The molecule has 0 spiro atoms. The van der Waals surface area contributed by atoms with E-state index in [9.17, 15) is 4.79 Å². The topological polar surface area (TPSA) is 55.1 Å². The first-order valence-corrected chi connectivity index (χ1v) is 6.42. The number of carbonyl (C=O) groups excluding carboxylic acids is 1. The van der Waals surface area contributed by atoms with Gasteiger partial charge in [-0.1, -0.05) is 13.8 Å². The van der Waals surface area contributed by atoms with Crippen molar-refractivity contribution in [2.75, 3.05) is 6.54 Å². The first-order valence-electron chi connectivity index (χ1n) is 5.60. The van der Waals surface area contributed by atoms with Gasteiger partial charge >= 0.3 is 0 Å². The van der Waals surface area contributed by atoms with Crippen LogP contribution in [-0.4, -0.2) is 18.5 Å². The number of aryl methyl sites for hydroxylation is 1. The van der Waals surface area contributed by atoms with Gasteiger partial charge in [0.2, 0.25) is 0 Å². The molecule has 0 saturated heterocycles. The SMILES string of the molecule is Cc1ccc(C(=O)NC(CN)CC(C)C)s1.Cl. The van der Waals surface area contributed by atoms with Crippen LogP contribution in [0.3, 0.4) is 0 Å². The van der Waals surface area contributed by atoms with E-state index < -0.39 is 0 Å². The Labute approximate surface area is 113 Å². The number of hydrogen-bond donors (Lipinski definition) is 2. The molecule has 0 radical (unpaired) electrons. The number of nitrogens with one attached hydrogen (secondary N) is 1. The summed E-state index contributed by atoms with van der Waals surface area (Å²) in [4.78, 5) is 13.8. The van der Waals surface area contributed by atoms with E-state index in [1.165, 1.54) is 11.3 Å². The molecule has 3 N–H and O–H groups in total. The quantitative estimate of drug-likeness (QED) is 0.868. The maximum atomic E-state index is 11.9. The van der Waals surface area contributed by atoms with Crippen molar-refractivity contribution < 1.29 is 4.79 Å². The van der Waals surface area contributed by atoms with Gasteiger partial charge in [0, 0.05) is 17.5 Å². The molecule has 0 fully saturated rings. The van der Waals surface area contributed by atoms with Crippen LogP contribution in [-0.2, 0) is 0 Å². The van der Waals surface area contributed by atoms with Gasteiger partial charge in [-0.05, 0) is 31.4 Å². The van der Waals surface area contributed by atoms with E-state index in [-0.39, 0.29) is 24.4 Å². The summed E-state index contributed by atoms with van der Waals surface area (Å²) < 4.78 is 0. The molecule has 98 valence electrons. The second kappa shape index (κ2) is 7.69. The highest BCUT2D eigenvalue weighted by atomic mass is 35.5. The van der Waals surface area contributed by atoms with Crippen molar-refractivity contribution in [3.8, 4) is 0 Å². The Hall–Kier alpha value is -0.580. The average molecular weight is 277 g/mol. The first kappa shape index (κ1) is 16.4. The number of hydrogen-bond acceptors (Lipinski definition) is 3. The van der Waals surface area contributed by atoms with E-state index >= 15 is 0 Å². The standard InChI is InChI=1S/C12H20N2OS.ClH/c1-8(2)6-10(7-13)14-12(15)11-5-4-9(3)16-11;/h4-5,8,10H,6-7,13H2,1-3H3,(H,14,15);1H. The Kier molecular flexibility index (Phi) is 7.43. The molecule has 1 amide bonds. The largest absolute Gasteiger partial charge is 0.347 e. The minimum Gasteiger partial charge on any atom is -0.347 e. The third-order valence-electron chi connectivity index (χ3n) is 2.34. The van der Waals surface area contributed by atoms with Gasteiger partial charge in [0.15, 0.2) is 0 Å². The number of amides is 1. The molecule has 3 nitrogen and oxygen atoms in total. The fourth-order valence-electron chi connectivity index (χ4n) is 1.60. The molecule has 1 unspecified atom stereocenters. The highest BCUT2D eigenvalue weighted by Crippen LogP contribution is 2.15. The van der Waals surface area contributed by atoms with Crippen LogP contribution in [0.25, 0.3) is 0 Å². The van der Waals surface area contributed by atoms with Crippen LogP contribution in [0.4, 0.5) is 0 Å². The lowest BCUT2D eigenvalue weighted by Crippen LogP contribution is -2.40. The molecule has 0 aliphatic rings. The zero-order valence-corrected chi connectivity index (χ0v) is 12.2. The van der Waals surface area contributed by atoms with E-state index in [0.717, 1.165) is 16.2 Å². The molecule has 0 bridgehead atoms. The van der Waals surface area contributed by atoms with Gasteiger partial charge in [-0.3, -0.25) is 4.79 Å². The molecule has 0 aliphatic heterocycles. The van der Waals surface area contributed by atoms with Crippen molar-refractivity contribution in [3.63, 3.8) is 0 Å². The fraction of sp³-hybridized carbons (Fsp3) is 0.583. The Morgan fingerprint density at radius 1 is 1.47 bits per heavy atom. The molecule has 17 heavy (non-hydrogen) atoms. The maximum Gasteiger partial charge on any atom is 0.261 e. The van der Waals surface area contributed by atoms with Crippen LogP contribution in [0.1, 0.15) is 34.8 Å². The van der Waals surface area contributed by atoms with E-state index in [2.05, 4.69) is 19.2 Å². The molecule has 1 heterocycles. The Bertz CT molecular complexity index is 352. The van der Waals surface area contributed by atoms with Crippen LogP contribution >= 0.6 is 23.7 Å². The lowest BCUT2D eigenvalue weighted by atomic mass is 10.0. The first-order chi connectivity index (χ1) is 7.52.